The van der Waals surface area contributed by atoms with Crippen LogP contribution in [0.2, 0.25) is 0 Å². The molecule has 0 unspecified atom stereocenters. The fourth-order valence-corrected chi connectivity index (χ4v) is 0. The predicted octanol–water partition coefficient (Wildman–Crippen LogP) is 3.34. The zero-order valence-electron chi connectivity index (χ0n) is 7.49. The average molecular weight is 204 g/mol. The minimum Gasteiger partial charge on any atom is -0.512 e. The van der Waals surface area contributed by atoms with Gasteiger partial charge >= 0.3 is 17.1 Å². The smallest absolute Gasteiger partial charge is 0.512 e. The van der Waals surface area contributed by atoms with E-state index >= 15 is 0 Å². The molecule has 0 aromatic heterocycles. The van der Waals surface area contributed by atoms with Gasteiger partial charge in [0.15, 0.2) is 0 Å². The molecule has 0 aromatic carbocycles. The van der Waals surface area contributed by atoms with Gasteiger partial charge in [0.1, 0.15) is 0 Å². The molecule has 0 aliphatic carbocycles. The van der Waals surface area contributed by atoms with Crippen molar-refractivity contribution in [2.45, 2.75) is 39.5 Å². The van der Waals surface area contributed by atoms with Gasteiger partial charge in [0.25, 0.3) is 0 Å². The van der Waals surface area contributed by atoms with Crippen molar-refractivity contribution in [3.63, 3.8) is 0 Å². The van der Waals surface area contributed by atoms with Crippen molar-refractivity contribution in [3.05, 3.63) is 20.4 Å². The minimum atomic E-state index is 0. The van der Waals surface area contributed by atoms with Gasteiger partial charge < -0.3 is 25.7 Å². The summed E-state index contributed by atoms with van der Waals surface area (Å²) < 4.78 is 0. The van der Waals surface area contributed by atoms with E-state index in [0.717, 1.165) is 12.8 Å². The van der Waals surface area contributed by atoms with Crippen molar-refractivity contribution in [1.82, 2.24) is 0 Å². The third-order valence-corrected chi connectivity index (χ3v) is 0.707. The van der Waals surface area contributed by atoms with E-state index in [0.29, 0.717) is 0 Å². The van der Waals surface area contributed by atoms with Gasteiger partial charge in [0, 0.05) is 0 Å². The Balaban J connectivity index is -0.0000000339. The molecule has 0 rings (SSSR count). The number of hydrogen-bond acceptors (Lipinski definition) is 1. The fourth-order valence-electron chi connectivity index (χ4n) is 0. The number of unbranched alkanes of at least 4 members (excludes halogenated alkanes) is 2. The Labute approximate surface area is 82.7 Å². The molecule has 0 heterocycles. The summed E-state index contributed by atoms with van der Waals surface area (Å²) in [5.74, 6) is 0. The number of hydrogen-bond donors (Lipinski definition) is 0. The predicted molar refractivity (Wildman–Crippen MR) is 45.5 cm³/mol. The Morgan fingerprint density at radius 2 is 1.09 bits per heavy atom. The number of nitrogens with zero attached hydrogens (tertiary/aromatic N) is 1. The molecular weight excluding hydrogens is 186 g/mol. The van der Waals surface area contributed by atoms with Crippen molar-refractivity contribution in [2.75, 3.05) is 0 Å². The van der Waals surface area contributed by atoms with Crippen LogP contribution >= 0.6 is 0 Å². The second-order valence-electron chi connectivity index (χ2n) is 1.71. The van der Waals surface area contributed by atoms with E-state index in [1.807, 2.05) is 0 Å². The first kappa shape index (κ1) is 22.5. The normalized spacial score (nSPS) is 5.64. The second-order valence-corrected chi connectivity index (χ2v) is 1.71. The summed E-state index contributed by atoms with van der Waals surface area (Å²) in [6.07, 6.45) is 4.56. The molecule has 0 N–H and O–H groups in total. The van der Waals surface area contributed by atoms with E-state index in [4.69, 9.17) is 11.8 Å². The van der Waals surface area contributed by atoms with Gasteiger partial charge in [-0.05, 0) is 0 Å². The summed E-state index contributed by atoms with van der Waals surface area (Å²) in [5, 5.41) is 6.25. The summed E-state index contributed by atoms with van der Waals surface area (Å²) >= 11 is 0. The van der Waals surface area contributed by atoms with E-state index in [1.54, 1.807) is 0 Å². The first-order valence-electron chi connectivity index (χ1n) is 3.64. The van der Waals surface area contributed by atoms with Gasteiger partial charge in [0.2, 0.25) is 0 Å². The van der Waals surface area contributed by atoms with Gasteiger partial charge in [-0.25, -0.2) is 0 Å². The monoisotopic (exact) mass is 203 g/mol. The molecule has 0 bridgehead atoms. The van der Waals surface area contributed by atoms with Crippen LogP contribution in [-0.4, -0.2) is 0 Å². The van der Waals surface area contributed by atoms with Crippen molar-refractivity contribution in [2.24, 2.45) is 0 Å². The van der Waals surface area contributed by atoms with Gasteiger partial charge in [-0.2, -0.15) is 12.8 Å². The van der Waals surface area contributed by atoms with E-state index in [9.17, 15) is 0 Å². The first-order valence-corrected chi connectivity index (χ1v) is 3.64. The van der Waals surface area contributed by atoms with Gasteiger partial charge in [-0.15, -0.1) is 0 Å². The average Bonchev–Trinajstić information content (AvgIpc) is 2.08. The quantitative estimate of drug-likeness (QED) is 0.499. The SMILES string of the molecule is [C-]#N.[CH2-]CCC.[CH2-]CCC.[Cu+2]. The molecule has 11 heavy (non-hydrogen) atoms. The van der Waals surface area contributed by atoms with Crippen molar-refractivity contribution in [3.8, 4) is 0 Å². The third kappa shape index (κ3) is 159. The second kappa shape index (κ2) is 50.5. The first-order chi connectivity index (χ1) is 4.83. The van der Waals surface area contributed by atoms with Crippen LogP contribution in [0.25, 0.3) is 0 Å². The van der Waals surface area contributed by atoms with Crippen LogP contribution in [0.15, 0.2) is 0 Å². The molecule has 1 nitrogen and oxygen atoms in total. The van der Waals surface area contributed by atoms with Crippen LogP contribution in [0.3, 0.4) is 0 Å². The van der Waals surface area contributed by atoms with Gasteiger partial charge in [0.05, 0.1) is 0 Å². The topological polar surface area (TPSA) is 23.8 Å². The summed E-state index contributed by atoms with van der Waals surface area (Å²) in [4.78, 5) is 0. The Bertz CT molecular complexity index is 36.1. The molecule has 71 valence electrons. The zero-order valence-corrected chi connectivity index (χ0v) is 8.43. The van der Waals surface area contributed by atoms with Crippen LogP contribution in [0.1, 0.15) is 39.5 Å². The maximum Gasteiger partial charge on any atom is 2.00 e. The fraction of sp³-hybridized carbons (Fsp3) is 0.667. The Morgan fingerprint density at radius 3 is 1.09 bits per heavy atom. The molecule has 0 fully saturated rings. The van der Waals surface area contributed by atoms with Gasteiger partial charge in [-0.1, -0.05) is 26.7 Å². The molecule has 0 aliphatic heterocycles. The van der Waals surface area contributed by atoms with Gasteiger partial charge in [-0.3, -0.25) is 0 Å². The van der Waals surface area contributed by atoms with Crippen LogP contribution in [0.5, 0.6) is 0 Å². The molecule has 2 heteroatoms. The molecule has 0 saturated carbocycles. The summed E-state index contributed by atoms with van der Waals surface area (Å²) in [6.45, 7) is 16.2. The van der Waals surface area contributed by atoms with Crippen molar-refractivity contribution >= 4 is 0 Å². The molecule has 1 radical (unpaired) electrons. The van der Waals surface area contributed by atoms with Crippen LogP contribution < -0.4 is 0 Å². The molecule has 0 amide bonds. The standard InChI is InChI=1S/2C4H9.CN.Cu/c2*1-3-4-2;1-2;/h2*1,3-4H2,2H3;;/q3*-1;+2. The Hall–Kier alpha value is 0.00948. The molecular formula is C9H18CuN-. The Morgan fingerprint density at radius 1 is 1.00 bits per heavy atom. The maximum atomic E-state index is 6.25. The maximum absolute atomic E-state index is 6.25. The summed E-state index contributed by atoms with van der Waals surface area (Å²) in [6, 6.07) is 0. The van der Waals surface area contributed by atoms with E-state index in [-0.39, 0.29) is 17.1 Å². The van der Waals surface area contributed by atoms with Crippen molar-refractivity contribution < 1.29 is 17.1 Å². The zero-order chi connectivity index (χ0) is 8.83. The van der Waals surface area contributed by atoms with Crippen LogP contribution in [-0.2, 0) is 17.1 Å². The molecule has 0 aliphatic rings. The van der Waals surface area contributed by atoms with Crippen molar-refractivity contribution in [1.29, 1.82) is 5.26 Å². The van der Waals surface area contributed by atoms with E-state index < -0.39 is 0 Å². The van der Waals surface area contributed by atoms with Crippen LogP contribution in [0, 0.1) is 25.7 Å². The molecule has 0 spiro atoms. The molecule has 0 atom stereocenters. The molecule has 0 aromatic rings. The summed E-state index contributed by atoms with van der Waals surface area (Å²) in [7, 11) is 0. The minimum absolute atomic E-state index is 0. The molecule has 0 saturated heterocycles. The van der Waals surface area contributed by atoms with E-state index in [1.165, 1.54) is 12.8 Å². The number of rotatable bonds is 2. The Kier molecular flexibility index (Phi) is 103. The van der Waals surface area contributed by atoms with Crippen LogP contribution in [0.4, 0.5) is 0 Å². The summed E-state index contributed by atoms with van der Waals surface area (Å²) in [5.41, 5.74) is 0. The largest absolute Gasteiger partial charge is 2.00 e. The third-order valence-electron chi connectivity index (χ3n) is 0.707. The van der Waals surface area contributed by atoms with E-state index in [2.05, 4.69) is 27.7 Å².